The predicted octanol–water partition coefficient (Wildman–Crippen LogP) is 2.74. The van der Waals surface area contributed by atoms with Crippen LogP contribution in [0.2, 0.25) is 0 Å². The van der Waals surface area contributed by atoms with Crippen LogP contribution in [0.5, 0.6) is 5.75 Å². The van der Waals surface area contributed by atoms with Crippen molar-refractivity contribution in [1.82, 2.24) is 15.6 Å². The standard InChI is InChI=1S/C23H31N5O2/c1-3-14-30-21-10-6-5-8-19(21)17-26-23(24-4-2)27-18-20-9-7-11-25-22(20)28-12-15-29-16-13-28/h3,5-11H,1,4,12-18H2,2H3,(H2,24,26,27). The number of anilines is 1. The second-order valence-electron chi connectivity index (χ2n) is 6.84. The van der Waals surface area contributed by atoms with E-state index in [-0.39, 0.29) is 0 Å². The molecule has 0 amide bonds. The SMILES string of the molecule is C=CCOc1ccccc1CN=C(NCC)NCc1cccnc1N1CCOCC1. The van der Waals surface area contributed by atoms with Crippen molar-refractivity contribution in [2.45, 2.75) is 20.0 Å². The van der Waals surface area contributed by atoms with Crippen LogP contribution in [0.3, 0.4) is 0 Å². The van der Waals surface area contributed by atoms with E-state index in [0.717, 1.165) is 61.5 Å². The highest BCUT2D eigenvalue weighted by atomic mass is 16.5. The molecule has 7 heteroatoms. The molecule has 2 aromatic rings. The number of nitrogens with zero attached hydrogens (tertiary/aromatic N) is 3. The molecule has 0 bridgehead atoms. The Kier molecular flexibility index (Phi) is 8.53. The van der Waals surface area contributed by atoms with E-state index < -0.39 is 0 Å². The molecule has 0 atom stereocenters. The third-order valence-corrected chi connectivity index (χ3v) is 4.71. The number of rotatable bonds is 9. The molecule has 2 N–H and O–H groups in total. The van der Waals surface area contributed by atoms with Crippen LogP contribution in [0, 0.1) is 0 Å². The van der Waals surface area contributed by atoms with Crippen LogP contribution in [-0.2, 0) is 17.8 Å². The maximum Gasteiger partial charge on any atom is 0.191 e. The zero-order valence-electron chi connectivity index (χ0n) is 17.6. The average Bonchev–Trinajstić information content (AvgIpc) is 2.81. The summed E-state index contributed by atoms with van der Waals surface area (Å²) in [4.78, 5) is 11.6. The highest BCUT2D eigenvalue weighted by Crippen LogP contribution is 2.20. The lowest BCUT2D eigenvalue weighted by atomic mass is 10.2. The van der Waals surface area contributed by atoms with E-state index in [4.69, 9.17) is 14.5 Å². The molecule has 0 aliphatic carbocycles. The van der Waals surface area contributed by atoms with Gasteiger partial charge in [0, 0.05) is 43.5 Å². The normalized spacial score (nSPS) is 14.3. The van der Waals surface area contributed by atoms with Crippen LogP contribution in [0.1, 0.15) is 18.1 Å². The van der Waals surface area contributed by atoms with Crippen LogP contribution < -0.4 is 20.3 Å². The van der Waals surface area contributed by atoms with E-state index in [1.807, 2.05) is 36.5 Å². The number of aliphatic imine (C=N–C) groups is 1. The summed E-state index contributed by atoms with van der Waals surface area (Å²) in [7, 11) is 0. The van der Waals surface area contributed by atoms with E-state index in [1.54, 1.807) is 6.08 Å². The Labute approximate surface area is 178 Å². The summed E-state index contributed by atoms with van der Waals surface area (Å²) < 4.78 is 11.2. The van der Waals surface area contributed by atoms with Crippen LogP contribution in [0.25, 0.3) is 0 Å². The molecule has 1 aliphatic heterocycles. The molecule has 0 unspecified atom stereocenters. The maximum absolute atomic E-state index is 5.74. The minimum Gasteiger partial charge on any atom is -0.489 e. The molecule has 1 saturated heterocycles. The van der Waals surface area contributed by atoms with Crippen molar-refractivity contribution in [2.24, 2.45) is 4.99 Å². The number of morpholine rings is 1. The first kappa shape index (κ1) is 21.6. The highest BCUT2D eigenvalue weighted by molar-refractivity contribution is 5.80. The molecule has 1 aliphatic rings. The second kappa shape index (κ2) is 11.8. The third-order valence-electron chi connectivity index (χ3n) is 4.71. The fourth-order valence-electron chi connectivity index (χ4n) is 3.24. The van der Waals surface area contributed by atoms with Crippen molar-refractivity contribution in [3.05, 3.63) is 66.4 Å². The molecule has 0 saturated carbocycles. The number of hydrogen-bond acceptors (Lipinski definition) is 5. The summed E-state index contributed by atoms with van der Waals surface area (Å²) in [5.41, 5.74) is 2.17. The lowest BCUT2D eigenvalue weighted by molar-refractivity contribution is 0.122. The van der Waals surface area contributed by atoms with Crippen molar-refractivity contribution in [2.75, 3.05) is 44.4 Å². The molecular weight excluding hydrogens is 378 g/mol. The zero-order chi connectivity index (χ0) is 21.0. The Morgan fingerprint density at radius 2 is 2.00 bits per heavy atom. The summed E-state index contributed by atoms with van der Waals surface area (Å²) in [6.45, 7) is 11.4. The van der Waals surface area contributed by atoms with Gasteiger partial charge in [0.25, 0.3) is 0 Å². The van der Waals surface area contributed by atoms with Gasteiger partial charge in [0.2, 0.25) is 0 Å². The van der Waals surface area contributed by atoms with Crippen LogP contribution in [0.4, 0.5) is 5.82 Å². The van der Waals surface area contributed by atoms with Crippen LogP contribution >= 0.6 is 0 Å². The zero-order valence-corrected chi connectivity index (χ0v) is 17.6. The topological polar surface area (TPSA) is 71.0 Å². The predicted molar refractivity (Wildman–Crippen MR) is 121 cm³/mol. The fourth-order valence-corrected chi connectivity index (χ4v) is 3.24. The largest absolute Gasteiger partial charge is 0.489 e. The fraction of sp³-hybridized carbons (Fsp3) is 0.391. The Bertz CT molecular complexity index is 834. The Morgan fingerprint density at radius 3 is 2.80 bits per heavy atom. The van der Waals surface area contributed by atoms with Crippen molar-refractivity contribution < 1.29 is 9.47 Å². The number of para-hydroxylation sites is 1. The van der Waals surface area contributed by atoms with Gasteiger partial charge in [0.05, 0.1) is 19.8 Å². The average molecular weight is 410 g/mol. The molecule has 2 heterocycles. The molecule has 1 aromatic heterocycles. The highest BCUT2D eigenvalue weighted by Gasteiger charge is 2.16. The van der Waals surface area contributed by atoms with E-state index in [2.05, 4.69) is 40.1 Å². The molecule has 1 aromatic carbocycles. The molecule has 0 spiro atoms. The Balaban J connectivity index is 1.67. The first-order valence-corrected chi connectivity index (χ1v) is 10.4. The summed E-state index contributed by atoms with van der Waals surface area (Å²) in [5, 5.41) is 6.75. The number of aromatic nitrogens is 1. The van der Waals surface area contributed by atoms with E-state index >= 15 is 0 Å². The summed E-state index contributed by atoms with van der Waals surface area (Å²) in [6.07, 6.45) is 3.58. The van der Waals surface area contributed by atoms with E-state index in [1.165, 1.54) is 0 Å². The molecule has 30 heavy (non-hydrogen) atoms. The monoisotopic (exact) mass is 409 g/mol. The van der Waals surface area contributed by atoms with Crippen molar-refractivity contribution >= 4 is 11.8 Å². The van der Waals surface area contributed by atoms with Crippen molar-refractivity contribution in [3.8, 4) is 5.75 Å². The smallest absolute Gasteiger partial charge is 0.191 e. The van der Waals surface area contributed by atoms with Gasteiger partial charge in [-0.15, -0.1) is 0 Å². The van der Waals surface area contributed by atoms with Gasteiger partial charge in [0.15, 0.2) is 5.96 Å². The van der Waals surface area contributed by atoms with E-state index in [0.29, 0.717) is 19.7 Å². The van der Waals surface area contributed by atoms with Gasteiger partial charge in [-0.2, -0.15) is 0 Å². The first-order valence-electron chi connectivity index (χ1n) is 10.4. The Morgan fingerprint density at radius 1 is 1.20 bits per heavy atom. The van der Waals surface area contributed by atoms with Crippen molar-refractivity contribution in [1.29, 1.82) is 0 Å². The molecule has 7 nitrogen and oxygen atoms in total. The number of pyridine rings is 1. The number of ether oxygens (including phenoxy) is 2. The molecule has 1 fully saturated rings. The Hall–Kier alpha value is -3.06. The van der Waals surface area contributed by atoms with Gasteiger partial charge in [0.1, 0.15) is 18.2 Å². The number of benzene rings is 1. The molecular formula is C23H31N5O2. The van der Waals surface area contributed by atoms with Gasteiger partial charge in [-0.25, -0.2) is 9.98 Å². The second-order valence-corrected chi connectivity index (χ2v) is 6.84. The molecule has 160 valence electrons. The molecule has 3 rings (SSSR count). The third kappa shape index (κ3) is 6.22. The summed E-state index contributed by atoms with van der Waals surface area (Å²) in [6, 6.07) is 12.0. The first-order chi connectivity index (χ1) is 14.8. The lowest BCUT2D eigenvalue weighted by Gasteiger charge is -2.29. The lowest BCUT2D eigenvalue weighted by Crippen LogP contribution is -2.39. The summed E-state index contributed by atoms with van der Waals surface area (Å²) in [5.74, 6) is 2.60. The van der Waals surface area contributed by atoms with Crippen LogP contribution in [-0.4, -0.2) is 50.4 Å². The minimum absolute atomic E-state index is 0.477. The quantitative estimate of drug-likeness (QED) is 0.377. The minimum atomic E-state index is 0.477. The number of nitrogens with one attached hydrogen (secondary N) is 2. The van der Waals surface area contributed by atoms with Gasteiger partial charge < -0.3 is 25.0 Å². The van der Waals surface area contributed by atoms with Gasteiger partial charge in [-0.3, -0.25) is 0 Å². The van der Waals surface area contributed by atoms with Crippen LogP contribution in [0.15, 0.2) is 60.2 Å². The summed E-state index contributed by atoms with van der Waals surface area (Å²) >= 11 is 0. The molecule has 0 radical (unpaired) electrons. The van der Waals surface area contributed by atoms with Gasteiger partial charge >= 0.3 is 0 Å². The maximum atomic E-state index is 5.74. The van der Waals surface area contributed by atoms with Gasteiger partial charge in [-0.05, 0) is 19.1 Å². The van der Waals surface area contributed by atoms with Gasteiger partial charge in [-0.1, -0.05) is 36.9 Å². The van der Waals surface area contributed by atoms with Crippen molar-refractivity contribution in [3.63, 3.8) is 0 Å². The number of hydrogen-bond donors (Lipinski definition) is 2. The van der Waals surface area contributed by atoms with E-state index in [9.17, 15) is 0 Å². The number of guanidine groups is 1.